The van der Waals surface area contributed by atoms with Crippen LogP contribution in [0.25, 0.3) is 11.3 Å². The average molecular weight is 359 g/mol. The third-order valence-electron chi connectivity index (χ3n) is 3.91. The number of carbonyl (C=O) groups is 1. The number of carbonyl (C=O) groups excluding carboxylic acids is 1. The van der Waals surface area contributed by atoms with Gasteiger partial charge in [-0.05, 0) is 41.8 Å². The highest BCUT2D eigenvalue weighted by Gasteiger charge is 2.30. The molecular formula is C19H16F3N3O. The number of halogens is 3. The molecule has 7 heteroatoms. The zero-order chi connectivity index (χ0) is 18.6. The van der Waals surface area contributed by atoms with E-state index in [1.54, 1.807) is 36.5 Å². The van der Waals surface area contributed by atoms with Crippen molar-refractivity contribution in [2.45, 2.75) is 12.6 Å². The quantitative estimate of drug-likeness (QED) is 0.722. The molecule has 134 valence electrons. The third kappa shape index (κ3) is 4.30. The number of hydrogen-bond acceptors (Lipinski definition) is 2. The highest BCUT2D eigenvalue weighted by Crippen LogP contribution is 2.29. The van der Waals surface area contributed by atoms with Crippen LogP contribution in [0, 0.1) is 0 Å². The van der Waals surface area contributed by atoms with Crippen molar-refractivity contribution in [1.82, 2.24) is 15.5 Å². The maximum Gasteiger partial charge on any atom is 0.416 e. The number of nitrogens with one attached hydrogen (secondary N) is 2. The largest absolute Gasteiger partial charge is 0.416 e. The van der Waals surface area contributed by atoms with E-state index in [0.717, 1.165) is 23.4 Å². The molecule has 1 amide bonds. The number of rotatable bonds is 5. The Bertz CT molecular complexity index is 872. The van der Waals surface area contributed by atoms with Crippen LogP contribution < -0.4 is 5.32 Å². The van der Waals surface area contributed by atoms with Gasteiger partial charge in [-0.2, -0.15) is 18.3 Å². The van der Waals surface area contributed by atoms with Crippen LogP contribution in [0.5, 0.6) is 0 Å². The summed E-state index contributed by atoms with van der Waals surface area (Å²) >= 11 is 0. The van der Waals surface area contributed by atoms with Crippen LogP contribution in [0.1, 0.15) is 21.5 Å². The van der Waals surface area contributed by atoms with Crippen molar-refractivity contribution < 1.29 is 18.0 Å². The van der Waals surface area contributed by atoms with E-state index in [4.69, 9.17) is 0 Å². The van der Waals surface area contributed by atoms with Crippen molar-refractivity contribution in [2.24, 2.45) is 0 Å². The fourth-order valence-corrected chi connectivity index (χ4v) is 2.54. The zero-order valence-corrected chi connectivity index (χ0v) is 13.7. The molecule has 0 radical (unpaired) electrons. The lowest BCUT2D eigenvalue weighted by molar-refractivity contribution is -0.137. The van der Waals surface area contributed by atoms with Crippen LogP contribution >= 0.6 is 0 Å². The number of aromatic amines is 1. The van der Waals surface area contributed by atoms with E-state index in [9.17, 15) is 18.0 Å². The second kappa shape index (κ2) is 7.43. The second-order valence-electron chi connectivity index (χ2n) is 5.75. The molecule has 3 aromatic rings. The summed E-state index contributed by atoms with van der Waals surface area (Å²) in [5.74, 6) is -0.270. The van der Waals surface area contributed by atoms with Gasteiger partial charge >= 0.3 is 6.18 Å². The van der Waals surface area contributed by atoms with Gasteiger partial charge in [0, 0.05) is 18.3 Å². The Morgan fingerprint density at radius 3 is 2.50 bits per heavy atom. The van der Waals surface area contributed by atoms with Crippen molar-refractivity contribution >= 4 is 5.91 Å². The first kappa shape index (κ1) is 17.7. The van der Waals surface area contributed by atoms with Gasteiger partial charge in [0.15, 0.2) is 0 Å². The van der Waals surface area contributed by atoms with Crippen LogP contribution in [-0.2, 0) is 12.6 Å². The molecule has 4 nitrogen and oxygen atoms in total. The molecule has 3 rings (SSSR count). The van der Waals surface area contributed by atoms with E-state index in [-0.39, 0.29) is 12.5 Å². The van der Waals surface area contributed by atoms with Crippen molar-refractivity contribution in [3.63, 3.8) is 0 Å². The van der Waals surface area contributed by atoms with Gasteiger partial charge in [0.2, 0.25) is 0 Å². The summed E-state index contributed by atoms with van der Waals surface area (Å²) in [6.07, 6.45) is -2.40. The molecular weight excluding hydrogens is 343 g/mol. The molecule has 26 heavy (non-hydrogen) atoms. The van der Waals surface area contributed by atoms with Crippen molar-refractivity contribution in [3.05, 3.63) is 77.5 Å². The lowest BCUT2D eigenvalue weighted by Crippen LogP contribution is -2.25. The molecule has 0 saturated heterocycles. The summed E-state index contributed by atoms with van der Waals surface area (Å²) in [4.78, 5) is 12.1. The molecule has 2 N–H and O–H groups in total. The molecule has 0 aliphatic carbocycles. The number of aromatic nitrogens is 2. The minimum absolute atomic E-state index is 0.252. The minimum atomic E-state index is -4.37. The number of benzene rings is 2. The Morgan fingerprint density at radius 1 is 1.08 bits per heavy atom. The second-order valence-corrected chi connectivity index (χ2v) is 5.75. The predicted octanol–water partition coefficient (Wildman–Crippen LogP) is 4.07. The first-order valence-electron chi connectivity index (χ1n) is 7.97. The molecule has 0 saturated carbocycles. The van der Waals surface area contributed by atoms with Gasteiger partial charge in [0.25, 0.3) is 5.91 Å². The summed E-state index contributed by atoms with van der Waals surface area (Å²) in [6, 6.07) is 13.9. The monoisotopic (exact) mass is 359 g/mol. The highest BCUT2D eigenvalue weighted by molar-refractivity contribution is 5.94. The average Bonchev–Trinajstić information content (AvgIpc) is 3.16. The van der Waals surface area contributed by atoms with E-state index in [2.05, 4.69) is 15.5 Å². The van der Waals surface area contributed by atoms with Crippen LogP contribution in [-0.4, -0.2) is 22.6 Å². The summed E-state index contributed by atoms with van der Waals surface area (Å²) in [6.45, 7) is 0.252. The van der Waals surface area contributed by atoms with Gasteiger partial charge in [0.05, 0.1) is 11.3 Å². The van der Waals surface area contributed by atoms with Gasteiger partial charge in [0.1, 0.15) is 0 Å². The summed E-state index contributed by atoms with van der Waals surface area (Å²) < 4.78 is 38.1. The van der Waals surface area contributed by atoms with E-state index in [0.29, 0.717) is 17.5 Å². The van der Waals surface area contributed by atoms with E-state index in [1.807, 2.05) is 6.07 Å². The Labute approximate surface area is 148 Å². The molecule has 0 aliphatic heterocycles. The Balaban J connectivity index is 1.56. The molecule has 0 bridgehead atoms. The topological polar surface area (TPSA) is 57.8 Å². The normalized spacial score (nSPS) is 11.3. The molecule has 1 aromatic heterocycles. The van der Waals surface area contributed by atoms with Crippen LogP contribution in [0.15, 0.2) is 60.8 Å². The molecule has 0 spiro atoms. The van der Waals surface area contributed by atoms with Crippen molar-refractivity contribution in [3.8, 4) is 11.3 Å². The number of amides is 1. The Hall–Kier alpha value is -3.09. The summed E-state index contributed by atoms with van der Waals surface area (Å²) in [5.41, 5.74) is 2.08. The molecule has 2 aromatic carbocycles. The maximum absolute atomic E-state index is 12.7. The van der Waals surface area contributed by atoms with Gasteiger partial charge in [-0.3, -0.25) is 9.89 Å². The van der Waals surface area contributed by atoms with Gasteiger partial charge < -0.3 is 5.32 Å². The molecule has 1 heterocycles. The van der Waals surface area contributed by atoms with Gasteiger partial charge in [-0.25, -0.2) is 0 Å². The Morgan fingerprint density at radius 2 is 1.85 bits per heavy atom. The maximum atomic E-state index is 12.7. The third-order valence-corrected chi connectivity index (χ3v) is 3.91. The highest BCUT2D eigenvalue weighted by atomic mass is 19.4. The van der Waals surface area contributed by atoms with Crippen LogP contribution in [0.3, 0.4) is 0 Å². The minimum Gasteiger partial charge on any atom is -0.352 e. The van der Waals surface area contributed by atoms with E-state index in [1.165, 1.54) is 6.07 Å². The van der Waals surface area contributed by atoms with Gasteiger partial charge in [-0.15, -0.1) is 0 Å². The predicted molar refractivity (Wildman–Crippen MR) is 91.5 cm³/mol. The van der Waals surface area contributed by atoms with Crippen LogP contribution in [0.4, 0.5) is 13.2 Å². The first-order chi connectivity index (χ1) is 12.4. The number of hydrogen-bond donors (Lipinski definition) is 2. The number of alkyl halides is 3. The van der Waals surface area contributed by atoms with Gasteiger partial charge in [-0.1, -0.05) is 30.3 Å². The smallest absolute Gasteiger partial charge is 0.352 e. The Kier molecular flexibility index (Phi) is 5.06. The lowest BCUT2D eigenvalue weighted by atomic mass is 10.1. The van der Waals surface area contributed by atoms with Crippen LogP contribution in [0.2, 0.25) is 0 Å². The first-order valence-corrected chi connectivity index (χ1v) is 7.97. The SMILES string of the molecule is O=C(NCCc1cccc(C(F)(F)F)c1)c1ccc(-c2ccn[nH]2)cc1. The standard InChI is InChI=1S/C19H16F3N3O/c20-19(21,22)16-3-1-2-13(12-16)8-10-23-18(26)15-6-4-14(5-7-15)17-9-11-24-25-17/h1-7,9,11-12H,8,10H2,(H,23,26)(H,24,25). The fourth-order valence-electron chi connectivity index (χ4n) is 2.54. The number of H-pyrrole nitrogens is 1. The summed E-state index contributed by atoms with van der Waals surface area (Å²) in [7, 11) is 0. The van der Waals surface area contributed by atoms with E-state index >= 15 is 0 Å². The molecule has 0 atom stereocenters. The lowest BCUT2D eigenvalue weighted by Gasteiger charge is -2.09. The molecule has 0 unspecified atom stereocenters. The van der Waals surface area contributed by atoms with E-state index < -0.39 is 11.7 Å². The van der Waals surface area contributed by atoms with Crippen molar-refractivity contribution in [2.75, 3.05) is 6.54 Å². The fraction of sp³-hybridized carbons (Fsp3) is 0.158. The van der Waals surface area contributed by atoms with Crippen molar-refractivity contribution in [1.29, 1.82) is 0 Å². The zero-order valence-electron chi connectivity index (χ0n) is 13.7. The summed E-state index contributed by atoms with van der Waals surface area (Å²) in [5, 5.41) is 9.43. The molecule has 0 aliphatic rings. The molecule has 0 fully saturated rings. The number of nitrogens with zero attached hydrogens (tertiary/aromatic N) is 1.